The van der Waals surface area contributed by atoms with Crippen molar-refractivity contribution in [3.63, 3.8) is 0 Å². The van der Waals surface area contributed by atoms with Crippen LogP contribution in [0.2, 0.25) is 0 Å². The molecule has 1 aromatic heterocycles. The Morgan fingerprint density at radius 3 is 2.90 bits per heavy atom. The quantitative estimate of drug-likeness (QED) is 0.919. The first-order chi connectivity index (χ1) is 9.53. The minimum Gasteiger partial charge on any atom is -0.337 e. The SMILES string of the molecule is FC(F)(F)Cc1noc(C2NCCc3ccccc32)n1. The zero-order valence-electron chi connectivity index (χ0n) is 10.4. The standard InChI is InChI=1S/C13H12F3N3O/c14-13(15,16)7-10-18-12(20-19-10)11-9-4-2-1-3-8(9)5-6-17-11/h1-4,11,17H,5-7H2. The molecule has 3 rings (SSSR count). The van der Waals surface area contributed by atoms with Crippen molar-refractivity contribution in [3.8, 4) is 0 Å². The van der Waals surface area contributed by atoms with Crippen molar-refractivity contribution in [2.45, 2.75) is 25.1 Å². The summed E-state index contributed by atoms with van der Waals surface area (Å²) in [6, 6.07) is 7.39. The second kappa shape index (κ2) is 4.90. The average molecular weight is 283 g/mol. The number of halogens is 3. The predicted octanol–water partition coefficient (Wildman–Crippen LogP) is 2.41. The maximum absolute atomic E-state index is 12.3. The third kappa shape index (κ3) is 2.67. The number of fused-ring (bicyclic) bond motifs is 1. The van der Waals surface area contributed by atoms with Gasteiger partial charge >= 0.3 is 6.18 Å². The molecule has 0 bridgehead atoms. The zero-order valence-corrected chi connectivity index (χ0v) is 10.4. The van der Waals surface area contributed by atoms with Crippen LogP contribution in [0.25, 0.3) is 0 Å². The van der Waals surface area contributed by atoms with Crippen molar-refractivity contribution in [3.05, 3.63) is 47.1 Å². The molecular formula is C13H12F3N3O. The molecule has 2 heterocycles. The fraction of sp³-hybridized carbons (Fsp3) is 0.385. The number of alkyl halides is 3. The molecule has 7 heteroatoms. The van der Waals surface area contributed by atoms with Gasteiger partial charge < -0.3 is 9.84 Å². The van der Waals surface area contributed by atoms with E-state index in [9.17, 15) is 13.2 Å². The van der Waals surface area contributed by atoms with E-state index in [1.54, 1.807) is 0 Å². The van der Waals surface area contributed by atoms with Gasteiger partial charge in [0.15, 0.2) is 5.82 Å². The van der Waals surface area contributed by atoms with E-state index in [1.807, 2.05) is 24.3 Å². The Morgan fingerprint density at radius 1 is 1.30 bits per heavy atom. The lowest BCUT2D eigenvalue weighted by Crippen LogP contribution is -2.30. The molecule has 1 atom stereocenters. The minimum atomic E-state index is -4.33. The molecule has 0 radical (unpaired) electrons. The van der Waals surface area contributed by atoms with E-state index in [0.29, 0.717) is 0 Å². The smallest absolute Gasteiger partial charge is 0.337 e. The number of aromatic nitrogens is 2. The van der Waals surface area contributed by atoms with Gasteiger partial charge in [0.25, 0.3) is 0 Å². The Kier molecular flexibility index (Phi) is 3.21. The molecule has 0 saturated carbocycles. The van der Waals surface area contributed by atoms with Gasteiger partial charge in [-0.25, -0.2) is 0 Å². The van der Waals surface area contributed by atoms with Crippen LogP contribution in [0.4, 0.5) is 13.2 Å². The van der Waals surface area contributed by atoms with Crippen LogP contribution >= 0.6 is 0 Å². The van der Waals surface area contributed by atoms with Gasteiger partial charge in [-0.3, -0.25) is 0 Å². The Balaban J connectivity index is 1.88. The molecule has 20 heavy (non-hydrogen) atoms. The summed E-state index contributed by atoms with van der Waals surface area (Å²) < 4.78 is 41.9. The highest BCUT2D eigenvalue weighted by molar-refractivity contribution is 5.35. The largest absolute Gasteiger partial charge is 0.396 e. The highest BCUT2D eigenvalue weighted by Crippen LogP contribution is 2.28. The highest BCUT2D eigenvalue weighted by atomic mass is 19.4. The van der Waals surface area contributed by atoms with Crippen LogP contribution in [0.15, 0.2) is 28.8 Å². The van der Waals surface area contributed by atoms with Crippen molar-refractivity contribution in [2.75, 3.05) is 6.54 Å². The normalized spacial score (nSPS) is 18.9. The third-order valence-corrected chi connectivity index (χ3v) is 3.20. The predicted molar refractivity (Wildman–Crippen MR) is 64.0 cm³/mol. The molecular weight excluding hydrogens is 271 g/mol. The van der Waals surface area contributed by atoms with Crippen molar-refractivity contribution in [1.29, 1.82) is 0 Å². The number of nitrogens with zero attached hydrogens (tertiary/aromatic N) is 2. The fourth-order valence-electron chi connectivity index (χ4n) is 2.36. The molecule has 2 aromatic rings. The summed E-state index contributed by atoms with van der Waals surface area (Å²) in [6.07, 6.45) is -4.64. The highest BCUT2D eigenvalue weighted by Gasteiger charge is 2.32. The van der Waals surface area contributed by atoms with E-state index < -0.39 is 12.6 Å². The van der Waals surface area contributed by atoms with E-state index in [4.69, 9.17) is 4.52 Å². The lowest BCUT2D eigenvalue weighted by molar-refractivity contribution is -0.128. The van der Waals surface area contributed by atoms with E-state index in [1.165, 1.54) is 0 Å². The van der Waals surface area contributed by atoms with Crippen LogP contribution in [0, 0.1) is 0 Å². The van der Waals surface area contributed by atoms with E-state index >= 15 is 0 Å². The van der Waals surface area contributed by atoms with Crippen molar-refractivity contribution >= 4 is 0 Å². The summed E-state index contributed by atoms with van der Waals surface area (Å²) in [5, 5.41) is 6.59. The van der Waals surface area contributed by atoms with Gasteiger partial charge in [-0.05, 0) is 17.5 Å². The topological polar surface area (TPSA) is 51.0 Å². The maximum atomic E-state index is 12.3. The molecule has 1 aliphatic heterocycles. The first kappa shape index (κ1) is 13.1. The molecule has 0 fully saturated rings. The summed E-state index contributed by atoms with van der Waals surface area (Å²) in [4.78, 5) is 3.86. The number of hydrogen-bond donors (Lipinski definition) is 1. The van der Waals surface area contributed by atoms with E-state index in [2.05, 4.69) is 15.5 Å². The number of hydrogen-bond acceptors (Lipinski definition) is 4. The van der Waals surface area contributed by atoms with Crippen LogP contribution < -0.4 is 5.32 Å². The van der Waals surface area contributed by atoms with Crippen LogP contribution in [0.3, 0.4) is 0 Å². The van der Waals surface area contributed by atoms with Gasteiger partial charge in [0, 0.05) is 6.54 Å². The average Bonchev–Trinajstić information content (AvgIpc) is 2.84. The molecule has 106 valence electrons. The molecule has 0 spiro atoms. The third-order valence-electron chi connectivity index (χ3n) is 3.20. The van der Waals surface area contributed by atoms with E-state index in [-0.39, 0.29) is 17.8 Å². The number of rotatable bonds is 2. The molecule has 0 aliphatic carbocycles. The lowest BCUT2D eigenvalue weighted by atomic mass is 9.94. The van der Waals surface area contributed by atoms with Gasteiger partial charge in [-0.1, -0.05) is 29.4 Å². The second-order valence-electron chi connectivity index (χ2n) is 4.68. The van der Waals surface area contributed by atoms with E-state index in [0.717, 1.165) is 24.1 Å². The van der Waals surface area contributed by atoms with Crippen LogP contribution in [-0.4, -0.2) is 22.9 Å². The Bertz CT molecular complexity index is 609. The monoisotopic (exact) mass is 283 g/mol. The Hall–Kier alpha value is -1.89. The zero-order chi connectivity index (χ0) is 14.2. The number of nitrogens with one attached hydrogen (secondary N) is 1. The van der Waals surface area contributed by atoms with Crippen molar-refractivity contribution in [2.24, 2.45) is 0 Å². The van der Waals surface area contributed by atoms with Crippen LogP contribution in [0.1, 0.15) is 28.9 Å². The molecule has 0 amide bonds. The Labute approximate surface area is 113 Å². The lowest BCUT2D eigenvalue weighted by Gasteiger charge is -2.23. The molecule has 1 unspecified atom stereocenters. The van der Waals surface area contributed by atoms with Crippen molar-refractivity contribution in [1.82, 2.24) is 15.5 Å². The molecule has 0 saturated heterocycles. The molecule has 1 aromatic carbocycles. The van der Waals surface area contributed by atoms with Gasteiger partial charge in [0.2, 0.25) is 5.89 Å². The Morgan fingerprint density at radius 2 is 2.10 bits per heavy atom. The van der Waals surface area contributed by atoms with Gasteiger partial charge in [0.1, 0.15) is 12.5 Å². The summed E-state index contributed by atoms with van der Waals surface area (Å²) in [5.74, 6) is -0.159. The minimum absolute atomic E-state index is 0.177. The first-order valence-electron chi connectivity index (χ1n) is 6.23. The maximum Gasteiger partial charge on any atom is 0.396 e. The van der Waals surface area contributed by atoms with Gasteiger partial charge in [0.05, 0.1) is 0 Å². The summed E-state index contributed by atoms with van der Waals surface area (Å²) in [5.41, 5.74) is 2.12. The molecule has 1 aliphatic rings. The summed E-state index contributed by atoms with van der Waals surface area (Å²) >= 11 is 0. The van der Waals surface area contributed by atoms with Crippen LogP contribution in [0.5, 0.6) is 0 Å². The second-order valence-corrected chi connectivity index (χ2v) is 4.68. The molecule has 1 N–H and O–H groups in total. The van der Waals surface area contributed by atoms with Gasteiger partial charge in [-0.15, -0.1) is 0 Å². The van der Waals surface area contributed by atoms with Gasteiger partial charge in [-0.2, -0.15) is 18.2 Å². The van der Waals surface area contributed by atoms with Crippen LogP contribution in [-0.2, 0) is 12.8 Å². The summed E-state index contributed by atoms with van der Waals surface area (Å²) in [6.45, 7) is 0.721. The number of benzene rings is 1. The van der Waals surface area contributed by atoms with Crippen molar-refractivity contribution < 1.29 is 17.7 Å². The first-order valence-corrected chi connectivity index (χ1v) is 6.23. The fourth-order valence-corrected chi connectivity index (χ4v) is 2.36. The molecule has 4 nitrogen and oxygen atoms in total. The summed E-state index contributed by atoms with van der Waals surface area (Å²) in [7, 11) is 0.